The van der Waals surface area contributed by atoms with Crippen LogP contribution < -0.4 is 24.8 Å². The van der Waals surface area contributed by atoms with Gasteiger partial charge < -0.3 is 29.0 Å². The average molecular weight is 973 g/mol. The number of rotatable bonds is 19. The van der Waals surface area contributed by atoms with Crippen LogP contribution in [-0.2, 0) is 37.5 Å². The molecule has 1 saturated heterocycles. The minimum atomic E-state index is -2.02. The van der Waals surface area contributed by atoms with Crippen molar-refractivity contribution in [3.8, 4) is 23.0 Å². The molecule has 0 saturated carbocycles. The van der Waals surface area contributed by atoms with Crippen LogP contribution >= 0.6 is 32.8 Å². The standard InChI is InChI=1S/C36H34N2O13P2S3.C8H16/c1-22(2)18-24-4-6-25(7-5-24)23(3)35(41)49-28-12-17-33(50-34(40)20-29(51-38(45)46)21-47-37(43)44)32(19-28)36(42)48-27-10-15-31(16-11-27)53(54)55-52(56-53)30-13-8-26(39)9-14-30;1-5-8(4)6-7(2)3/h4-17,19,22-23,29,39H,18,20-21H2,1-3H3;5,7H,6H2,1-4H3/b;8-5+. The van der Waals surface area contributed by atoms with Gasteiger partial charge in [-0.1, -0.05) is 97.4 Å². The number of phenolic OH excluding ortho intramolecular Hbond substituents is 1. The molecule has 342 valence electrons. The maximum Gasteiger partial charge on any atom is 0.347 e. The van der Waals surface area contributed by atoms with Crippen LogP contribution in [0.15, 0.2) is 103 Å². The molecule has 0 aliphatic carbocycles. The number of nitrogens with zero attached hydrogens (tertiary/aromatic N) is 2. The second-order valence-electron chi connectivity index (χ2n) is 15.3. The SMILES string of the molecule is C/C=C(\C)CC(C)C.CC(C)Cc1ccc(C(C)C(=O)Oc2ccc(OC(=O)CC(CO[N+](=O)[O-])O[N+](=O)[O-])c(C(=O)Oc3ccc(P4(=S)SP(c5ccc(O)cc5)S4)cc3)c2)cc1. The lowest BCUT2D eigenvalue weighted by atomic mass is 9.97. The first-order chi connectivity index (χ1) is 30.2. The molecule has 5 rings (SSSR count). The third-order valence-corrected chi connectivity index (χ3v) is 34.2. The van der Waals surface area contributed by atoms with Gasteiger partial charge in [0.05, 0.1) is 23.1 Å². The fraction of sp³-hybridized carbons (Fsp3) is 0.341. The Labute approximate surface area is 385 Å². The van der Waals surface area contributed by atoms with Gasteiger partial charge in [0.1, 0.15) is 41.3 Å². The molecule has 0 bridgehead atoms. The van der Waals surface area contributed by atoms with E-state index in [0.29, 0.717) is 11.5 Å². The molecule has 0 radical (unpaired) electrons. The second-order valence-corrected chi connectivity index (χ2v) is 32.0. The van der Waals surface area contributed by atoms with Crippen molar-refractivity contribution in [1.82, 2.24) is 0 Å². The number of esters is 3. The van der Waals surface area contributed by atoms with Gasteiger partial charge >= 0.3 is 17.9 Å². The Balaban J connectivity index is 0.00000102. The third kappa shape index (κ3) is 16.2. The van der Waals surface area contributed by atoms with Gasteiger partial charge in [0.2, 0.25) is 0 Å². The summed E-state index contributed by atoms with van der Waals surface area (Å²) < 4.78 is 14.6. The predicted octanol–water partition coefficient (Wildman–Crippen LogP) is 10.7. The number of benzene rings is 4. The number of carbonyl (C=O) groups excluding carboxylic acids is 3. The molecule has 1 aliphatic heterocycles. The van der Waals surface area contributed by atoms with E-state index in [4.69, 9.17) is 26.0 Å². The minimum Gasteiger partial charge on any atom is -0.508 e. The van der Waals surface area contributed by atoms with E-state index in [9.17, 15) is 39.7 Å². The van der Waals surface area contributed by atoms with Crippen molar-refractivity contribution < 1.29 is 53.5 Å². The first-order valence-corrected chi connectivity index (χ1v) is 28.2. The summed E-state index contributed by atoms with van der Waals surface area (Å²) in [7, 11) is 0. The van der Waals surface area contributed by atoms with E-state index in [1.807, 2.05) is 36.4 Å². The van der Waals surface area contributed by atoms with Crippen LogP contribution in [0.5, 0.6) is 23.0 Å². The molecule has 64 heavy (non-hydrogen) atoms. The lowest BCUT2D eigenvalue weighted by Crippen LogP contribution is -2.29. The zero-order valence-corrected chi connectivity index (χ0v) is 40.5. The second kappa shape index (κ2) is 24.3. The lowest BCUT2D eigenvalue weighted by molar-refractivity contribution is -0.789. The molecule has 15 nitrogen and oxygen atoms in total. The smallest absolute Gasteiger partial charge is 0.347 e. The number of allylic oxidation sites excluding steroid dienone is 2. The molecule has 4 aromatic carbocycles. The quantitative estimate of drug-likeness (QED) is 0.0232. The molecule has 0 amide bonds. The van der Waals surface area contributed by atoms with Crippen molar-refractivity contribution >= 4 is 73.1 Å². The first-order valence-electron chi connectivity index (χ1n) is 20.0. The normalized spacial score (nSPS) is 16.6. The summed E-state index contributed by atoms with van der Waals surface area (Å²) in [4.78, 5) is 69.7. The van der Waals surface area contributed by atoms with Crippen LogP contribution in [0.4, 0.5) is 0 Å². The number of aromatic hydroxyl groups is 1. The van der Waals surface area contributed by atoms with E-state index in [0.717, 1.165) is 34.6 Å². The molecule has 1 fully saturated rings. The molecule has 0 aromatic heterocycles. The molecular weight excluding hydrogens is 923 g/mol. The Morgan fingerprint density at radius 2 is 1.44 bits per heavy atom. The summed E-state index contributed by atoms with van der Waals surface area (Å²) >= 11 is 9.43. The van der Waals surface area contributed by atoms with Crippen molar-refractivity contribution in [3.63, 3.8) is 0 Å². The molecule has 1 N–H and O–H groups in total. The maximum atomic E-state index is 13.6. The van der Waals surface area contributed by atoms with Crippen molar-refractivity contribution in [3.05, 3.63) is 140 Å². The van der Waals surface area contributed by atoms with Crippen LogP contribution in [-0.4, -0.2) is 45.9 Å². The Bertz CT molecular complexity index is 2340. The van der Waals surface area contributed by atoms with Gasteiger partial charge in [-0.15, -0.1) is 20.2 Å². The van der Waals surface area contributed by atoms with Crippen molar-refractivity contribution in [1.29, 1.82) is 0 Å². The van der Waals surface area contributed by atoms with E-state index < -0.39 is 63.9 Å². The summed E-state index contributed by atoms with van der Waals surface area (Å²) in [6.07, 6.45) is 1.13. The highest BCUT2D eigenvalue weighted by molar-refractivity contribution is 9.43. The Morgan fingerprint density at radius 3 is 1.98 bits per heavy atom. The molecule has 2 unspecified atom stereocenters. The maximum absolute atomic E-state index is 13.6. The molecule has 4 aromatic rings. The van der Waals surface area contributed by atoms with Crippen molar-refractivity contribution in [2.45, 2.75) is 79.8 Å². The molecule has 20 heteroatoms. The van der Waals surface area contributed by atoms with Gasteiger partial charge in [-0.2, -0.15) is 0 Å². The van der Waals surface area contributed by atoms with Crippen molar-refractivity contribution in [2.75, 3.05) is 6.61 Å². The Morgan fingerprint density at radius 1 is 0.812 bits per heavy atom. The van der Waals surface area contributed by atoms with Gasteiger partial charge in [-0.25, -0.2) is 4.79 Å². The number of phenols is 1. The molecule has 1 aliphatic rings. The molecule has 2 atom stereocenters. The van der Waals surface area contributed by atoms with Gasteiger partial charge in [-0.05, 0) is 129 Å². The van der Waals surface area contributed by atoms with Gasteiger partial charge in [0.25, 0.3) is 10.2 Å². The Hall–Kier alpha value is -4.99. The topological polar surface area (TPSA) is 204 Å². The molecule has 0 spiro atoms. The third-order valence-electron chi connectivity index (χ3n) is 9.10. The minimum absolute atomic E-state index is 0.0728. The zero-order valence-electron chi connectivity index (χ0n) is 36.2. The number of carbonyl (C=O) groups is 3. The lowest BCUT2D eigenvalue weighted by Gasteiger charge is -2.37. The van der Waals surface area contributed by atoms with Gasteiger partial charge in [0.15, 0.2) is 0 Å². The van der Waals surface area contributed by atoms with E-state index in [1.54, 1.807) is 65.3 Å². The zero-order chi connectivity index (χ0) is 47.1. The molecule has 1 heterocycles. The number of hydrogen-bond donors (Lipinski definition) is 1. The van der Waals surface area contributed by atoms with Crippen LogP contribution in [0.25, 0.3) is 0 Å². The highest BCUT2D eigenvalue weighted by Gasteiger charge is 2.40. The van der Waals surface area contributed by atoms with Gasteiger partial charge in [-0.3, -0.25) is 9.59 Å². The fourth-order valence-corrected chi connectivity index (χ4v) is 31.9. The number of ether oxygens (including phenoxy) is 3. The average Bonchev–Trinajstić information content (AvgIpc) is 3.22. The summed E-state index contributed by atoms with van der Waals surface area (Å²) in [6.45, 7) is 13.7. The predicted molar refractivity (Wildman–Crippen MR) is 255 cm³/mol. The summed E-state index contributed by atoms with van der Waals surface area (Å²) in [5, 5.41) is 30.7. The summed E-state index contributed by atoms with van der Waals surface area (Å²) in [5.74, 6) is -2.33. The van der Waals surface area contributed by atoms with Crippen LogP contribution in [0.3, 0.4) is 0 Å². The fourth-order valence-electron chi connectivity index (χ4n) is 5.90. The largest absolute Gasteiger partial charge is 0.508 e. The monoisotopic (exact) mass is 972 g/mol. The van der Waals surface area contributed by atoms with Crippen LogP contribution in [0, 0.1) is 32.1 Å². The molecular formula is C44H50N2O13P2S3. The number of hydrogen-bond acceptors (Lipinski definition) is 16. The Kier molecular flexibility index (Phi) is 19.6. The van der Waals surface area contributed by atoms with Crippen LogP contribution in [0.1, 0.15) is 88.7 Å². The van der Waals surface area contributed by atoms with Crippen LogP contribution in [0.2, 0.25) is 0 Å². The highest BCUT2D eigenvalue weighted by atomic mass is 33.7. The van der Waals surface area contributed by atoms with E-state index in [1.165, 1.54) is 24.1 Å². The van der Waals surface area contributed by atoms with E-state index in [-0.39, 0.29) is 28.6 Å². The van der Waals surface area contributed by atoms with Crippen molar-refractivity contribution in [2.24, 2.45) is 11.8 Å². The summed E-state index contributed by atoms with van der Waals surface area (Å²) in [6, 6.07) is 24.9. The highest BCUT2D eigenvalue weighted by Crippen LogP contribution is 2.99. The summed E-state index contributed by atoms with van der Waals surface area (Å²) in [5.41, 5.74) is 2.99. The van der Waals surface area contributed by atoms with E-state index >= 15 is 0 Å². The first kappa shape index (κ1) is 51.6. The van der Waals surface area contributed by atoms with Gasteiger partial charge in [0, 0.05) is 5.30 Å². The van der Waals surface area contributed by atoms with E-state index in [2.05, 4.69) is 57.3 Å².